The van der Waals surface area contributed by atoms with Crippen molar-refractivity contribution in [2.45, 2.75) is 141 Å². The van der Waals surface area contributed by atoms with Crippen molar-refractivity contribution in [2.24, 2.45) is 17.6 Å². The Labute approximate surface area is 312 Å². The van der Waals surface area contributed by atoms with E-state index in [0.29, 0.717) is 12.0 Å². The lowest BCUT2D eigenvalue weighted by molar-refractivity contribution is -0.145. The third kappa shape index (κ3) is 11.8. The van der Waals surface area contributed by atoms with Gasteiger partial charge in [-0.1, -0.05) is 75.8 Å². The number of hydrogen-bond acceptors (Lipinski definition) is 8. The second kappa shape index (κ2) is 19.1. The van der Waals surface area contributed by atoms with E-state index < -0.39 is 71.8 Å². The molecule has 5 atom stereocenters. The molecule has 53 heavy (non-hydrogen) atoms. The quantitative estimate of drug-likeness (QED) is 0.159. The monoisotopic (exact) mass is 738 g/mol. The lowest BCUT2D eigenvalue weighted by Crippen LogP contribution is -2.58. The fourth-order valence-corrected chi connectivity index (χ4v) is 7.77. The van der Waals surface area contributed by atoms with E-state index in [1.807, 2.05) is 20.8 Å². The molecule has 4 rings (SSSR count). The highest BCUT2D eigenvalue weighted by Gasteiger charge is 2.46. The van der Waals surface area contributed by atoms with Gasteiger partial charge in [-0.25, -0.2) is 0 Å². The molecule has 1 aromatic carbocycles. The molecule has 1 heterocycles. The maximum absolute atomic E-state index is 14.5. The van der Waals surface area contributed by atoms with Gasteiger partial charge in [0.1, 0.15) is 18.1 Å². The van der Waals surface area contributed by atoms with Crippen LogP contribution in [-0.4, -0.2) is 89.0 Å². The number of benzene rings is 1. The first kappa shape index (κ1) is 41.4. The van der Waals surface area contributed by atoms with E-state index in [-0.39, 0.29) is 43.0 Å². The van der Waals surface area contributed by atoms with Crippen LogP contribution in [0.15, 0.2) is 30.3 Å². The summed E-state index contributed by atoms with van der Waals surface area (Å²) < 4.78 is 6.25. The molecule has 6 N–H and O–H groups in total. The van der Waals surface area contributed by atoms with Gasteiger partial charge in [0.15, 0.2) is 0 Å². The summed E-state index contributed by atoms with van der Waals surface area (Å²) in [5.74, 6) is -4.83. The molecule has 1 aliphatic heterocycles. The first-order valence-corrected chi connectivity index (χ1v) is 19.2. The number of hydrogen-bond donors (Lipinski definition) is 5. The summed E-state index contributed by atoms with van der Waals surface area (Å²) in [6.07, 6.45) is 8.38. The van der Waals surface area contributed by atoms with Crippen LogP contribution in [0.4, 0.5) is 0 Å². The van der Waals surface area contributed by atoms with Crippen molar-refractivity contribution < 1.29 is 38.3 Å². The zero-order valence-electron chi connectivity index (χ0n) is 31.6. The third-order valence-corrected chi connectivity index (χ3v) is 10.3. The minimum Gasteiger partial charge on any atom is -0.371 e. The lowest BCUT2D eigenvalue weighted by atomic mass is 9.83. The molecule has 2 saturated carbocycles. The van der Waals surface area contributed by atoms with Gasteiger partial charge in [-0.15, -0.1) is 0 Å². The highest BCUT2D eigenvalue weighted by atomic mass is 16.5. The normalized spacial score (nSPS) is 21.2. The van der Waals surface area contributed by atoms with Gasteiger partial charge in [0.05, 0.1) is 24.3 Å². The summed E-state index contributed by atoms with van der Waals surface area (Å²) in [7, 11) is 0. The van der Waals surface area contributed by atoms with Gasteiger partial charge in [-0.3, -0.25) is 33.6 Å². The number of likely N-dealkylation sites (tertiary alicyclic amines) is 1. The number of ether oxygens (including phenoxy) is 1. The Bertz CT molecular complexity index is 1470. The minimum absolute atomic E-state index is 0.0610. The molecule has 3 aliphatic rings. The number of carbonyl (C=O) groups is 7. The number of rotatable bonds is 16. The molecule has 0 spiro atoms. The van der Waals surface area contributed by atoms with Crippen LogP contribution < -0.4 is 27.0 Å². The average molecular weight is 739 g/mol. The van der Waals surface area contributed by atoms with Crippen molar-refractivity contribution in [3.05, 3.63) is 35.9 Å². The van der Waals surface area contributed by atoms with Crippen LogP contribution in [-0.2, 0) is 38.3 Å². The summed E-state index contributed by atoms with van der Waals surface area (Å²) in [5.41, 5.74) is 5.37. The van der Waals surface area contributed by atoms with Crippen LogP contribution in [0.1, 0.15) is 116 Å². The van der Waals surface area contributed by atoms with Gasteiger partial charge in [0, 0.05) is 18.9 Å². The van der Waals surface area contributed by atoms with E-state index in [9.17, 15) is 33.6 Å². The van der Waals surface area contributed by atoms with Crippen LogP contribution in [0, 0.1) is 11.8 Å². The molecular weight excluding hydrogens is 680 g/mol. The Morgan fingerprint density at radius 3 is 2.11 bits per heavy atom. The Balaban J connectivity index is 1.46. The molecule has 0 aromatic heterocycles. The van der Waals surface area contributed by atoms with Crippen molar-refractivity contribution in [2.75, 3.05) is 13.1 Å². The zero-order valence-corrected chi connectivity index (χ0v) is 31.6. The molecule has 1 saturated heterocycles. The molecule has 2 aliphatic carbocycles. The topological polar surface area (TPSA) is 206 Å². The van der Waals surface area contributed by atoms with Gasteiger partial charge in [0.25, 0.3) is 5.91 Å². The van der Waals surface area contributed by atoms with E-state index in [1.54, 1.807) is 37.3 Å². The van der Waals surface area contributed by atoms with Crippen LogP contribution in [0.25, 0.3) is 0 Å². The molecule has 14 nitrogen and oxygen atoms in total. The summed E-state index contributed by atoms with van der Waals surface area (Å²) >= 11 is 0. The van der Waals surface area contributed by atoms with E-state index in [0.717, 1.165) is 57.8 Å². The van der Waals surface area contributed by atoms with Crippen LogP contribution in [0.3, 0.4) is 0 Å². The van der Waals surface area contributed by atoms with Crippen molar-refractivity contribution in [1.29, 1.82) is 0 Å². The maximum atomic E-state index is 14.5. The Morgan fingerprint density at radius 2 is 1.51 bits per heavy atom. The molecule has 14 heteroatoms. The molecule has 6 amide bonds. The van der Waals surface area contributed by atoms with Gasteiger partial charge >= 0.3 is 0 Å². The Morgan fingerprint density at radius 1 is 0.868 bits per heavy atom. The first-order valence-electron chi connectivity index (χ1n) is 19.2. The smallest absolute Gasteiger partial charge is 0.290 e. The number of carbonyl (C=O) groups excluding carboxylic acids is 7. The van der Waals surface area contributed by atoms with E-state index in [1.165, 1.54) is 4.90 Å². The molecule has 0 bridgehead atoms. The molecule has 0 radical (unpaired) electrons. The lowest BCUT2D eigenvalue weighted by Gasteiger charge is -2.35. The third-order valence-electron chi connectivity index (χ3n) is 10.3. The summed E-state index contributed by atoms with van der Waals surface area (Å²) in [5, 5.41) is 10.6. The predicted octanol–water partition coefficient (Wildman–Crippen LogP) is 2.34. The second-order valence-electron chi connectivity index (χ2n) is 15.7. The van der Waals surface area contributed by atoms with E-state index >= 15 is 0 Å². The number of Topliss-reactive ketones (excluding diaryl/α,β-unsaturated/α-hetero) is 1. The fraction of sp³-hybridized carbons (Fsp3) is 0.667. The SMILES string of the molecule is CCCC(NC(=O)[C@@H]1C[C@@H](OC(C)(C)C)CN1C(=O)[C@@H](NC(=O)C1CCCC1)C1CCCCC1)C(=O)C(=O)NCC(=O)N[C@H](C(N)=O)c1ccccc1. The van der Waals surface area contributed by atoms with Crippen LogP contribution in [0.2, 0.25) is 0 Å². The highest BCUT2D eigenvalue weighted by Crippen LogP contribution is 2.32. The van der Waals surface area contributed by atoms with Crippen LogP contribution >= 0.6 is 0 Å². The van der Waals surface area contributed by atoms with Crippen molar-refractivity contribution in [3.63, 3.8) is 0 Å². The fourth-order valence-electron chi connectivity index (χ4n) is 7.77. The standard InChI is InChI=1S/C39H58N6O8/c1-5-14-28(33(47)37(51)41-22-30(46)43-31(34(40)48)24-15-8-6-9-16-24)42-36(50)29-21-27(53-39(2,3)4)23-45(29)38(52)32(25-17-10-7-11-18-25)44-35(49)26-19-12-13-20-26/h6,8-9,15-16,25-29,31-32H,5,7,10-14,17-23H2,1-4H3,(H2,40,48)(H,41,51)(H,42,50)(H,43,46)(H,44,49)/t27-,28?,29+,31+,32+/m1/s1. The summed E-state index contributed by atoms with van der Waals surface area (Å²) in [4.78, 5) is 94.5. The number of nitrogens with two attached hydrogens (primary N) is 1. The maximum Gasteiger partial charge on any atom is 0.290 e. The summed E-state index contributed by atoms with van der Waals surface area (Å²) in [6, 6.07) is 4.19. The van der Waals surface area contributed by atoms with Crippen molar-refractivity contribution in [1.82, 2.24) is 26.2 Å². The molecule has 1 aromatic rings. The largest absolute Gasteiger partial charge is 0.371 e. The molecular formula is C39H58N6O8. The van der Waals surface area contributed by atoms with Gasteiger partial charge in [-0.05, 0) is 64.4 Å². The van der Waals surface area contributed by atoms with Gasteiger partial charge in [-0.2, -0.15) is 0 Å². The Kier molecular flexibility index (Phi) is 15.0. The molecule has 1 unspecified atom stereocenters. The highest BCUT2D eigenvalue weighted by molar-refractivity contribution is 6.38. The number of primary amides is 1. The van der Waals surface area contributed by atoms with E-state index in [4.69, 9.17) is 10.5 Å². The van der Waals surface area contributed by atoms with Crippen molar-refractivity contribution in [3.8, 4) is 0 Å². The molecule has 3 fully saturated rings. The van der Waals surface area contributed by atoms with Gasteiger partial charge in [0.2, 0.25) is 35.3 Å². The Hall–Kier alpha value is -4.33. The first-order chi connectivity index (χ1) is 25.2. The number of nitrogens with one attached hydrogen (secondary N) is 4. The minimum atomic E-state index is -1.23. The number of nitrogens with zero attached hydrogens (tertiary/aromatic N) is 1. The second-order valence-corrected chi connectivity index (χ2v) is 15.7. The molecule has 292 valence electrons. The summed E-state index contributed by atoms with van der Waals surface area (Å²) in [6.45, 7) is 7.00. The number of ketones is 1. The van der Waals surface area contributed by atoms with Gasteiger partial charge < -0.3 is 36.6 Å². The van der Waals surface area contributed by atoms with E-state index in [2.05, 4.69) is 21.3 Å². The number of amides is 6. The van der Waals surface area contributed by atoms with Crippen LogP contribution in [0.5, 0.6) is 0 Å². The van der Waals surface area contributed by atoms with Crippen molar-refractivity contribution >= 4 is 41.2 Å². The predicted molar refractivity (Wildman–Crippen MR) is 197 cm³/mol. The average Bonchev–Trinajstić information content (AvgIpc) is 3.82. The zero-order chi connectivity index (χ0) is 38.7.